The molecule has 1 N–H and O–H groups in total. The Morgan fingerprint density at radius 2 is 2.00 bits per heavy atom. The normalized spacial score (nSPS) is 11.5. The lowest BCUT2D eigenvalue weighted by Gasteiger charge is -2.07. The van der Waals surface area contributed by atoms with Crippen molar-refractivity contribution in [3.8, 4) is 0 Å². The molecule has 0 saturated heterocycles. The van der Waals surface area contributed by atoms with Gasteiger partial charge < -0.3 is 5.32 Å². The molecular weight excluding hydrogens is 307 g/mol. The van der Waals surface area contributed by atoms with Gasteiger partial charge in [-0.05, 0) is 30.7 Å². The van der Waals surface area contributed by atoms with Crippen LogP contribution in [0.3, 0.4) is 0 Å². The van der Waals surface area contributed by atoms with Gasteiger partial charge in [0.25, 0.3) is 5.91 Å². The molecule has 21 heavy (non-hydrogen) atoms. The van der Waals surface area contributed by atoms with E-state index in [0.29, 0.717) is 27.0 Å². The van der Waals surface area contributed by atoms with E-state index in [9.17, 15) is 18.0 Å². The molecule has 8 heteroatoms. The SMILES string of the molecule is Cc1cc(Cl)ccc1NC(=O)c1cc(C(F)(F)F)n(C)n1. The summed E-state index contributed by atoms with van der Waals surface area (Å²) in [4.78, 5) is 12.0. The van der Waals surface area contributed by atoms with Crippen molar-refractivity contribution in [3.63, 3.8) is 0 Å². The summed E-state index contributed by atoms with van der Waals surface area (Å²) in [7, 11) is 1.13. The molecule has 0 aliphatic heterocycles. The molecular formula is C13H11ClF3N3O. The van der Waals surface area contributed by atoms with Crippen LogP contribution in [0.25, 0.3) is 0 Å². The number of hydrogen-bond donors (Lipinski definition) is 1. The lowest BCUT2D eigenvalue weighted by molar-refractivity contribution is -0.143. The number of carbonyl (C=O) groups excluding carboxylic acids is 1. The zero-order chi connectivity index (χ0) is 15.8. The molecule has 2 rings (SSSR count). The van der Waals surface area contributed by atoms with Crippen molar-refractivity contribution in [2.75, 3.05) is 5.32 Å². The Kier molecular flexibility index (Phi) is 3.95. The predicted molar refractivity (Wildman–Crippen MR) is 72.4 cm³/mol. The highest BCUT2D eigenvalue weighted by atomic mass is 35.5. The van der Waals surface area contributed by atoms with Gasteiger partial charge in [-0.25, -0.2) is 0 Å². The van der Waals surface area contributed by atoms with Crippen molar-refractivity contribution in [1.82, 2.24) is 9.78 Å². The summed E-state index contributed by atoms with van der Waals surface area (Å²) in [6.07, 6.45) is -4.56. The highest BCUT2D eigenvalue weighted by Crippen LogP contribution is 2.29. The van der Waals surface area contributed by atoms with E-state index in [4.69, 9.17) is 11.6 Å². The third kappa shape index (κ3) is 3.36. The Labute approximate surface area is 123 Å². The number of rotatable bonds is 2. The molecule has 0 radical (unpaired) electrons. The number of benzene rings is 1. The van der Waals surface area contributed by atoms with Gasteiger partial charge in [-0.3, -0.25) is 9.48 Å². The molecule has 0 bridgehead atoms. The molecule has 0 aliphatic carbocycles. The highest BCUT2D eigenvalue weighted by Gasteiger charge is 2.35. The maximum atomic E-state index is 12.7. The van der Waals surface area contributed by atoms with E-state index >= 15 is 0 Å². The topological polar surface area (TPSA) is 46.9 Å². The van der Waals surface area contributed by atoms with Crippen LogP contribution in [0.5, 0.6) is 0 Å². The standard InChI is InChI=1S/C13H11ClF3N3O/c1-7-5-8(14)3-4-9(7)18-12(21)10-6-11(13(15,16)17)20(2)19-10/h3-6H,1-2H3,(H,18,21). The molecule has 1 amide bonds. The minimum Gasteiger partial charge on any atom is -0.320 e. The van der Waals surface area contributed by atoms with Gasteiger partial charge in [0.1, 0.15) is 5.69 Å². The van der Waals surface area contributed by atoms with Gasteiger partial charge in [-0.2, -0.15) is 18.3 Å². The fourth-order valence-electron chi connectivity index (χ4n) is 1.80. The van der Waals surface area contributed by atoms with Crippen molar-refractivity contribution in [2.24, 2.45) is 7.05 Å². The second kappa shape index (κ2) is 5.40. The quantitative estimate of drug-likeness (QED) is 0.919. The number of nitrogens with zero attached hydrogens (tertiary/aromatic N) is 2. The smallest absolute Gasteiger partial charge is 0.320 e. The summed E-state index contributed by atoms with van der Waals surface area (Å²) in [5.74, 6) is -0.716. The number of hydrogen-bond acceptors (Lipinski definition) is 2. The second-order valence-electron chi connectivity index (χ2n) is 4.45. The van der Waals surface area contributed by atoms with E-state index in [0.717, 1.165) is 7.05 Å². The van der Waals surface area contributed by atoms with Crippen LogP contribution in [0.1, 0.15) is 21.7 Å². The molecule has 0 fully saturated rings. The molecule has 1 heterocycles. The van der Waals surface area contributed by atoms with Gasteiger partial charge >= 0.3 is 6.18 Å². The number of aryl methyl sites for hydroxylation is 2. The fraction of sp³-hybridized carbons (Fsp3) is 0.231. The average Bonchev–Trinajstić information content (AvgIpc) is 2.75. The zero-order valence-corrected chi connectivity index (χ0v) is 11.9. The highest BCUT2D eigenvalue weighted by molar-refractivity contribution is 6.30. The first-order valence-electron chi connectivity index (χ1n) is 5.87. The minimum atomic E-state index is -4.56. The van der Waals surface area contributed by atoms with Crippen LogP contribution in [0.15, 0.2) is 24.3 Å². The number of alkyl halides is 3. The summed E-state index contributed by atoms with van der Waals surface area (Å²) in [6.45, 7) is 1.72. The maximum absolute atomic E-state index is 12.7. The van der Waals surface area contributed by atoms with Crippen molar-refractivity contribution in [3.05, 3.63) is 46.2 Å². The third-order valence-corrected chi connectivity index (χ3v) is 3.07. The van der Waals surface area contributed by atoms with Crippen LogP contribution < -0.4 is 5.32 Å². The van der Waals surface area contributed by atoms with Crippen LogP contribution in [-0.4, -0.2) is 15.7 Å². The van der Waals surface area contributed by atoms with Gasteiger partial charge in [0.15, 0.2) is 5.69 Å². The first-order valence-corrected chi connectivity index (χ1v) is 6.25. The molecule has 1 aromatic heterocycles. The summed E-state index contributed by atoms with van der Waals surface area (Å²) in [5, 5.41) is 6.59. The largest absolute Gasteiger partial charge is 0.433 e. The zero-order valence-electron chi connectivity index (χ0n) is 11.1. The Bertz CT molecular complexity index is 694. The molecule has 0 saturated carbocycles. The number of nitrogens with one attached hydrogen (secondary N) is 1. The van der Waals surface area contributed by atoms with E-state index in [2.05, 4.69) is 10.4 Å². The van der Waals surface area contributed by atoms with E-state index < -0.39 is 17.8 Å². The molecule has 0 spiro atoms. The van der Waals surface area contributed by atoms with Crippen LogP contribution >= 0.6 is 11.6 Å². The van der Waals surface area contributed by atoms with Gasteiger partial charge in [0, 0.05) is 23.8 Å². The summed E-state index contributed by atoms with van der Waals surface area (Å²) < 4.78 is 38.6. The van der Waals surface area contributed by atoms with Gasteiger partial charge in [0.05, 0.1) is 0 Å². The summed E-state index contributed by atoms with van der Waals surface area (Å²) in [6, 6.07) is 5.49. The third-order valence-electron chi connectivity index (χ3n) is 2.84. The Hall–Kier alpha value is -2.02. The number of halogens is 4. The Balaban J connectivity index is 2.25. The predicted octanol–water partition coefficient (Wildman–Crippen LogP) is 3.65. The molecule has 2 aromatic rings. The molecule has 0 unspecified atom stereocenters. The molecule has 0 aliphatic rings. The van der Waals surface area contributed by atoms with Crippen molar-refractivity contribution >= 4 is 23.2 Å². The van der Waals surface area contributed by atoms with Gasteiger partial charge in [0.2, 0.25) is 0 Å². The first-order chi connectivity index (χ1) is 9.68. The first kappa shape index (κ1) is 15.4. The van der Waals surface area contributed by atoms with Crippen molar-refractivity contribution < 1.29 is 18.0 Å². The number of carbonyl (C=O) groups is 1. The average molecular weight is 318 g/mol. The summed E-state index contributed by atoms with van der Waals surface area (Å²) in [5.41, 5.74) is -0.133. The minimum absolute atomic E-state index is 0.306. The van der Waals surface area contributed by atoms with E-state index in [1.165, 1.54) is 0 Å². The number of anilines is 1. The molecule has 0 atom stereocenters. The molecule has 4 nitrogen and oxygen atoms in total. The number of aromatic nitrogens is 2. The lowest BCUT2D eigenvalue weighted by Crippen LogP contribution is -2.13. The fourth-order valence-corrected chi connectivity index (χ4v) is 2.02. The van der Waals surface area contributed by atoms with Crippen molar-refractivity contribution in [2.45, 2.75) is 13.1 Å². The molecule has 112 valence electrons. The number of amides is 1. The van der Waals surface area contributed by atoms with Crippen molar-refractivity contribution in [1.29, 1.82) is 0 Å². The Morgan fingerprint density at radius 1 is 1.33 bits per heavy atom. The van der Waals surface area contributed by atoms with Crippen LogP contribution in [0.2, 0.25) is 5.02 Å². The van der Waals surface area contributed by atoms with E-state index in [1.54, 1.807) is 25.1 Å². The van der Waals surface area contributed by atoms with Gasteiger partial charge in [-0.15, -0.1) is 0 Å². The lowest BCUT2D eigenvalue weighted by atomic mass is 10.2. The van der Waals surface area contributed by atoms with Gasteiger partial charge in [-0.1, -0.05) is 11.6 Å². The van der Waals surface area contributed by atoms with E-state index in [1.807, 2.05) is 0 Å². The van der Waals surface area contributed by atoms with Crippen LogP contribution in [0.4, 0.5) is 18.9 Å². The second-order valence-corrected chi connectivity index (χ2v) is 4.89. The summed E-state index contributed by atoms with van der Waals surface area (Å²) >= 11 is 5.79. The monoisotopic (exact) mass is 317 g/mol. The molecule has 1 aromatic carbocycles. The Morgan fingerprint density at radius 3 is 2.52 bits per heavy atom. The van der Waals surface area contributed by atoms with E-state index in [-0.39, 0.29) is 5.69 Å². The van der Waals surface area contributed by atoms with Crippen LogP contribution in [-0.2, 0) is 13.2 Å². The van der Waals surface area contributed by atoms with Crippen LogP contribution in [0, 0.1) is 6.92 Å². The maximum Gasteiger partial charge on any atom is 0.433 e.